The second-order valence-electron chi connectivity index (χ2n) is 3.47. The molecule has 1 rings (SSSR count). The maximum atomic E-state index is 10.6. The fraction of sp³-hybridized carbons (Fsp3) is 0.875. The third-order valence-corrected chi connectivity index (χ3v) is 2.48. The monoisotopic (exact) mass is 193 g/mol. The summed E-state index contributed by atoms with van der Waals surface area (Å²) < 4.78 is 0. The number of carboxylic acids is 1. The van der Waals surface area contributed by atoms with E-state index in [1.807, 2.05) is 14.1 Å². The first kappa shape index (κ1) is 11.7. The molecule has 1 N–H and O–H groups in total. The molecule has 0 aromatic rings. The van der Waals surface area contributed by atoms with Crippen molar-refractivity contribution in [3.8, 4) is 0 Å². The number of hydrogen-bond donors (Lipinski definition) is 1. The third kappa shape index (κ3) is 2.64. The molecule has 1 aliphatic carbocycles. The van der Waals surface area contributed by atoms with Crippen LogP contribution in [0.25, 0.3) is 0 Å². The first-order chi connectivity index (χ1) is 5.11. The molecule has 0 aromatic carbocycles. The van der Waals surface area contributed by atoms with Gasteiger partial charge in [0.2, 0.25) is 0 Å². The molecule has 0 aromatic heterocycles. The van der Waals surface area contributed by atoms with Gasteiger partial charge >= 0.3 is 5.97 Å². The number of hydrogen-bond acceptors (Lipinski definition) is 2. The molecule has 4 heteroatoms. The summed E-state index contributed by atoms with van der Waals surface area (Å²) in [6.07, 6.45) is 2.70. The molecule has 1 saturated carbocycles. The molecular formula is C8H16ClNO2. The van der Waals surface area contributed by atoms with Crippen LogP contribution in [0.15, 0.2) is 0 Å². The summed E-state index contributed by atoms with van der Waals surface area (Å²) >= 11 is 0. The van der Waals surface area contributed by atoms with Gasteiger partial charge in [0.25, 0.3) is 0 Å². The zero-order valence-corrected chi connectivity index (χ0v) is 8.30. The molecule has 0 heterocycles. The molecule has 0 radical (unpaired) electrons. The van der Waals surface area contributed by atoms with Crippen LogP contribution in [0.5, 0.6) is 0 Å². The quantitative estimate of drug-likeness (QED) is 0.717. The van der Waals surface area contributed by atoms with E-state index >= 15 is 0 Å². The smallest absolute Gasteiger partial charge is 0.306 e. The van der Waals surface area contributed by atoms with Gasteiger partial charge in [0, 0.05) is 6.04 Å². The van der Waals surface area contributed by atoms with E-state index in [9.17, 15) is 4.79 Å². The van der Waals surface area contributed by atoms with Crippen LogP contribution >= 0.6 is 12.4 Å². The van der Waals surface area contributed by atoms with Crippen molar-refractivity contribution in [2.24, 2.45) is 5.92 Å². The van der Waals surface area contributed by atoms with Crippen molar-refractivity contribution in [3.63, 3.8) is 0 Å². The summed E-state index contributed by atoms with van der Waals surface area (Å²) in [5, 5.41) is 8.69. The number of nitrogens with zero attached hydrogens (tertiary/aromatic N) is 1. The standard InChI is InChI=1S/C8H15NO2.ClH/c1-9(2)7-4-3-6(5-7)8(10)11;/h6-7H,3-5H2,1-2H3,(H,10,11);1H/t6-,7+;/m1./s1. The second-order valence-corrected chi connectivity index (χ2v) is 3.47. The minimum atomic E-state index is -0.630. The van der Waals surface area contributed by atoms with Gasteiger partial charge in [-0.1, -0.05) is 0 Å². The lowest BCUT2D eigenvalue weighted by Gasteiger charge is -2.17. The zero-order valence-electron chi connectivity index (χ0n) is 7.49. The number of carboxylic acid groups (broad SMARTS) is 1. The first-order valence-electron chi connectivity index (χ1n) is 4.00. The van der Waals surface area contributed by atoms with Crippen molar-refractivity contribution in [1.29, 1.82) is 0 Å². The van der Waals surface area contributed by atoms with E-state index in [0.717, 1.165) is 19.3 Å². The van der Waals surface area contributed by atoms with Crippen LogP contribution in [0.1, 0.15) is 19.3 Å². The average Bonchev–Trinajstić information content (AvgIpc) is 2.33. The third-order valence-electron chi connectivity index (χ3n) is 2.48. The van der Waals surface area contributed by atoms with Crippen LogP contribution in [0.3, 0.4) is 0 Å². The van der Waals surface area contributed by atoms with Crippen LogP contribution in [-0.4, -0.2) is 36.1 Å². The van der Waals surface area contributed by atoms with Gasteiger partial charge < -0.3 is 10.0 Å². The van der Waals surface area contributed by atoms with E-state index in [-0.39, 0.29) is 18.3 Å². The highest BCUT2D eigenvalue weighted by Gasteiger charge is 2.30. The average molecular weight is 194 g/mol. The molecule has 2 atom stereocenters. The minimum Gasteiger partial charge on any atom is -0.481 e. The van der Waals surface area contributed by atoms with Crippen LogP contribution in [0.4, 0.5) is 0 Å². The van der Waals surface area contributed by atoms with E-state index in [4.69, 9.17) is 5.11 Å². The summed E-state index contributed by atoms with van der Waals surface area (Å²) in [5.41, 5.74) is 0. The van der Waals surface area contributed by atoms with Gasteiger partial charge in [-0.2, -0.15) is 0 Å². The van der Waals surface area contributed by atoms with Crippen molar-refractivity contribution in [1.82, 2.24) is 4.90 Å². The molecule has 0 unspecified atom stereocenters. The number of halogens is 1. The van der Waals surface area contributed by atoms with Gasteiger partial charge in [0.15, 0.2) is 0 Å². The summed E-state index contributed by atoms with van der Waals surface area (Å²) in [5.74, 6) is -0.725. The van der Waals surface area contributed by atoms with Crippen LogP contribution in [-0.2, 0) is 4.79 Å². The molecule has 1 fully saturated rings. The minimum absolute atomic E-state index is 0. The molecule has 1 aliphatic rings. The topological polar surface area (TPSA) is 40.5 Å². The van der Waals surface area contributed by atoms with Gasteiger partial charge in [0.1, 0.15) is 0 Å². The van der Waals surface area contributed by atoms with E-state index < -0.39 is 5.97 Å². The lowest BCUT2D eigenvalue weighted by Crippen LogP contribution is -2.25. The van der Waals surface area contributed by atoms with Crippen molar-refractivity contribution in [3.05, 3.63) is 0 Å². The van der Waals surface area contributed by atoms with E-state index in [1.54, 1.807) is 0 Å². The highest BCUT2D eigenvalue weighted by atomic mass is 35.5. The molecular weight excluding hydrogens is 178 g/mol. The molecule has 0 saturated heterocycles. The van der Waals surface area contributed by atoms with E-state index in [0.29, 0.717) is 6.04 Å². The van der Waals surface area contributed by atoms with Crippen molar-refractivity contribution < 1.29 is 9.90 Å². The maximum Gasteiger partial charge on any atom is 0.306 e. The molecule has 3 nitrogen and oxygen atoms in total. The van der Waals surface area contributed by atoms with Gasteiger partial charge in [-0.15, -0.1) is 12.4 Å². The lowest BCUT2D eigenvalue weighted by molar-refractivity contribution is -0.141. The molecule has 0 spiro atoms. The largest absolute Gasteiger partial charge is 0.481 e. The predicted octanol–water partition coefficient (Wildman–Crippen LogP) is 1.22. The Hall–Kier alpha value is -0.280. The fourth-order valence-electron chi connectivity index (χ4n) is 1.65. The second kappa shape index (κ2) is 4.67. The molecule has 0 bridgehead atoms. The summed E-state index contributed by atoms with van der Waals surface area (Å²) in [7, 11) is 4.02. The Kier molecular flexibility index (Phi) is 4.57. The SMILES string of the molecule is CN(C)[C@H]1CC[C@@H](C(=O)O)C1.Cl. The highest BCUT2D eigenvalue weighted by molar-refractivity contribution is 5.85. The van der Waals surface area contributed by atoms with Gasteiger partial charge in [-0.05, 0) is 33.4 Å². The molecule has 72 valence electrons. The summed E-state index contributed by atoms with van der Waals surface area (Å²) in [6, 6.07) is 0.482. The van der Waals surface area contributed by atoms with Gasteiger partial charge in [-0.25, -0.2) is 0 Å². The Morgan fingerprint density at radius 1 is 1.42 bits per heavy atom. The zero-order chi connectivity index (χ0) is 8.43. The Labute approximate surface area is 79.2 Å². The van der Waals surface area contributed by atoms with Gasteiger partial charge in [-0.3, -0.25) is 4.79 Å². The van der Waals surface area contributed by atoms with Crippen molar-refractivity contribution in [2.45, 2.75) is 25.3 Å². The lowest BCUT2D eigenvalue weighted by atomic mass is 10.1. The number of carbonyl (C=O) groups is 1. The summed E-state index contributed by atoms with van der Waals surface area (Å²) in [4.78, 5) is 12.7. The Morgan fingerprint density at radius 2 is 2.00 bits per heavy atom. The predicted molar refractivity (Wildman–Crippen MR) is 49.7 cm³/mol. The molecule has 12 heavy (non-hydrogen) atoms. The summed E-state index contributed by atoms with van der Waals surface area (Å²) in [6.45, 7) is 0. The van der Waals surface area contributed by atoms with Crippen molar-refractivity contribution in [2.75, 3.05) is 14.1 Å². The van der Waals surface area contributed by atoms with Gasteiger partial charge in [0.05, 0.1) is 5.92 Å². The molecule has 0 aliphatic heterocycles. The Bertz CT molecular complexity index is 161. The van der Waals surface area contributed by atoms with Crippen LogP contribution in [0.2, 0.25) is 0 Å². The van der Waals surface area contributed by atoms with Crippen molar-refractivity contribution >= 4 is 18.4 Å². The van der Waals surface area contributed by atoms with Crippen LogP contribution in [0, 0.1) is 5.92 Å². The van der Waals surface area contributed by atoms with E-state index in [1.165, 1.54) is 0 Å². The normalized spacial score (nSPS) is 28.6. The van der Waals surface area contributed by atoms with E-state index in [2.05, 4.69) is 4.90 Å². The Morgan fingerprint density at radius 3 is 2.25 bits per heavy atom. The highest BCUT2D eigenvalue weighted by Crippen LogP contribution is 2.27. The number of aliphatic carboxylic acids is 1. The number of rotatable bonds is 2. The Balaban J connectivity index is 0.00000121. The fourth-order valence-corrected chi connectivity index (χ4v) is 1.65. The maximum absolute atomic E-state index is 10.6. The first-order valence-corrected chi connectivity index (χ1v) is 4.00. The molecule has 0 amide bonds. The van der Waals surface area contributed by atoms with Crippen LogP contribution < -0.4 is 0 Å².